The van der Waals surface area contributed by atoms with Crippen LogP contribution < -0.4 is 5.32 Å². The third-order valence-electron chi connectivity index (χ3n) is 4.18. The van der Waals surface area contributed by atoms with Crippen LogP contribution in [0.2, 0.25) is 0 Å². The predicted octanol–water partition coefficient (Wildman–Crippen LogP) is 3.04. The molecule has 0 aliphatic heterocycles. The molecule has 1 saturated carbocycles. The van der Waals surface area contributed by atoms with Crippen molar-refractivity contribution in [3.05, 3.63) is 30.1 Å². The summed E-state index contributed by atoms with van der Waals surface area (Å²) in [6, 6.07) is 8.53. The van der Waals surface area contributed by atoms with Crippen LogP contribution in [0.4, 0.5) is 0 Å². The van der Waals surface area contributed by atoms with Gasteiger partial charge in [0.15, 0.2) is 0 Å². The van der Waals surface area contributed by atoms with E-state index < -0.39 is 0 Å². The minimum absolute atomic E-state index is 0.255. The molecule has 1 aromatic heterocycles. The van der Waals surface area contributed by atoms with Gasteiger partial charge in [-0.25, -0.2) is 4.98 Å². The van der Waals surface area contributed by atoms with Gasteiger partial charge in [0, 0.05) is 20.3 Å². The molecule has 0 saturated heterocycles. The number of aromatic nitrogens is 2. The van der Waals surface area contributed by atoms with Gasteiger partial charge in [0.05, 0.1) is 17.1 Å². The van der Waals surface area contributed by atoms with Crippen molar-refractivity contribution < 1.29 is 4.74 Å². The number of benzene rings is 1. The monoisotopic (exact) mass is 287 g/mol. The van der Waals surface area contributed by atoms with Crippen LogP contribution in [-0.4, -0.2) is 29.3 Å². The van der Waals surface area contributed by atoms with E-state index in [1.54, 1.807) is 0 Å². The maximum Gasteiger partial charge on any atom is 0.126 e. The number of hydrogen-bond donors (Lipinski definition) is 1. The van der Waals surface area contributed by atoms with Crippen LogP contribution in [0.5, 0.6) is 0 Å². The van der Waals surface area contributed by atoms with Crippen molar-refractivity contribution in [1.29, 1.82) is 0 Å². The summed E-state index contributed by atoms with van der Waals surface area (Å²) in [7, 11) is 2.08. The van der Waals surface area contributed by atoms with Crippen molar-refractivity contribution in [1.82, 2.24) is 14.9 Å². The van der Waals surface area contributed by atoms with Gasteiger partial charge in [-0.2, -0.15) is 0 Å². The third-order valence-corrected chi connectivity index (χ3v) is 4.18. The molecule has 0 spiro atoms. The van der Waals surface area contributed by atoms with Crippen molar-refractivity contribution in [2.45, 2.75) is 32.2 Å². The van der Waals surface area contributed by atoms with E-state index in [4.69, 9.17) is 9.72 Å². The topological polar surface area (TPSA) is 39.1 Å². The van der Waals surface area contributed by atoms with Crippen molar-refractivity contribution in [3.8, 4) is 0 Å². The van der Waals surface area contributed by atoms with Crippen LogP contribution in [0.25, 0.3) is 11.0 Å². The molecule has 3 rings (SSSR count). The molecule has 1 aromatic carbocycles. The van der Waals surface area contributed by atoms with E-state index >= 15 is 0 Å². The molecule has 1 aliphatic rings. The number of ether oxygens (including phenoxy) is 1. The number of fused-ring (bicyclic) bond motifs is 1. The fraction of sp³-hybridized carbons (Fsp3) is 0.588. The third kappa shape index (κ3) is 3.63. The molecule has 0 radical (unpaired) electrons. The quantitative estimate of drug-likeness (QED) is 0.759. The Bertz CT molecular complexity index is 589. The molecule has 1 atom stereocenters. The Morgan fingerprint density at radius 3 is 2.95 bits per heavy atom. The number of hydrogen-bond acceptors (Lipinski definition) is 3. The lowest BCUT2D eigenvalue weighted by Gasteiger charge is -2.13. The van der Waals surface area contributed by atoms with Crippen LogP contribution in [0.1, 0.15) is 38.1 Å². The second kappa shape index (κ2) is 6.58. The van der Waals surface area contributed by atoms with Gasteiger partial charge in [0.1, 0.15) is 5.82 Å². The van der Waals surface area contributed by atoms with Gasteiger partial charge in [-0.05, 0) is 50.8 Å². The normalized spacial score (nSPS) is 16.5. The van der Waals surface area contributed by atoms with Crippen molar-refractivity contribution in [3.63, 3.8) is 0 Å². The fourth-order valence-corrected chi connectivity index (χ4v) is 2.67. The molecule has 1 N–H and O–H groups in total. The lowest BCUT2D eigenvalue weighted by atomic mass is 10.3. The van der Waals surface area contributed by atoms with Crippen LogP contribution in [0.15, 0.2) is 24.3 Å². The first-order valence-electron chi connectivity index (χ1n) is 7.98. The lowest BCUT2D eigenvalue weighted by molar-refractivity contribution is 0.121. The van der Waals surface area contributed by atoms with Crippen molar-refractivity contribution in [2.75, 3.05) is 19.8 Å². The van der Waals surface area contributed by atoms with Crippen molar-refractivity contribution >= 4 is 11.0 Å². The summed E-state index contributed by atoms with van der Waals surface area (Å²) in [4.78, 5) is 4.73. The fourth-order valence-electron chi connectivity index (χ4n) is 2.67. The molecular weight excluding hydrogens is 262 g/mol. The summed E-state index contributed by atoms with van der Waals surface area (Å²) in [5.74, 6) is 1.95. The average Bonchev–Trinajstić information content (AvgIpc) is 3.26. The van der Waals surface area contributed by atoms with E-state index in [9.17, 15) is 0 Å². The summed E-state index contributed by atoms with van der Waals surface area (Å²) in [5, 5.41) is 3.54. The molecular formula is C17H25N3O. The number of rotatable bonds is 8. The summed E-state index contributed by atoms with van der Waals surface area (Å²) >= 11 is 0. The molecule has 2 aromatic rings. The SMILES string of the molecule is CC(NCCCOCC1CC1)c1nc2ccccc2n1C. The highest BCUT2D eigenvalue weighted by Crippen LogP contribution is 2.28. The van der Waals surface area contributed by atoms with E-state index in [-0.39, 0.29) is 6.04 Å². The van der Waals surface area contributed by atoms with Gasteiger partial charge in [-0.1, -0.05) is 12.1 Å². The summed E-state index contributed by atoms with van der Waals surface area (Å²) in [6.45, 7) is 4.96. The Kier molecular flexibility index (Phi) is 4.56. The Morgan fingerprint density at radius 1 is 1.38 bits per heavy atom. The molecule has 4 heteroatoms. The number of imidazole rings is 1. The second-order valence-electron chi connectivity index (χ2n) is 6.07. The molecule has 1 aliphatic carbocycles. The van der Waals surface area contributed by atoms with Gasteiger partial charge >= 0.3 is 0 Å². The number of para-hydroxylation sites is 2. The summed E-state index contributed by atoms with van der Waals surface area (Å²) < 4.78 is 7.83. The summed E-state index contributed by atoms with van der Waals surface area (Å²) in [5.41, 5.74) is 2.25. The molecule has 21 heavy (non-hydrogen) atoms. The molecule has 0 amide bonds. The van der Waals surface area contributed by atoms with E-state index in [0.717, 1.165) is 43.4 Å². The van der Waals surface area contributed by atoms with E-state index in [1.165, 1.54) is 18.4 Å². The Balaban J connectivity index is 1.47. The zero-order valence-electron chi connectivity index (χ0n) is 13.0. The summed E-state index contributed by atoms with van der Waals surface area (Å²) in [6.07, 6.45) is 3.78. The number of nitrogens with one attached hydrogen (secondary N) is 1. The predicted molar refractivity (Wildman–Crippen MR) is 85.3 cm³/mol. The van der Waals surface area contributed by atoms with Crippen LogP contribution in [0.3, 0.4) is 0 Å². The number of nitrogens with zero attached hydrogens (tertiary/aromatic N) is 2. The first kappa shape index (κ1) is 14.5. The lowest BCUT2D eigenvalue weighted by Crippen LogP contribution is -2.23. The zero-order chi connectivity index (χ0) is 14.7. The van der Waals surface area contributed by atoms with E-state index in [1.807, 2.05) is 6.07 Å². The highest BCUT2D eigenvalue weighted by Gasteiger charge is 2.20. The first-order chi connectivity index (χ1) is 10.3. The molecule has 1 fully saturated rings. The minimum atomic E-state index is 0.255. The molecule has 114 valence electrons. The van der Waals surface area contributed by atoms with Crippen molar-refractivity contribution in [2.24, 2.45) is 13.0 Å². The van der Waals surface area contributed by atoms with Crippen LogP contribution in [-0.2, 0) is 11.8 Å². The first-order valence-corrected chi connectivity index (χ1v) is 7.98. The van der Waals surface area contributed by atoms with Gasteiger partial charge < -0.3 is 14.6 Å². The Hall–Kier alpha value is -1.39. The molecule has 1 heterocycles. The van der Waals surface area contributed by atoms with Gasteiger partial charge in [0.2, 0.25) is 0 Å². The highest BCUT2D eigenvalue weighted by molar-refractivity contribution is 5.75. The molecule has 0 bridgehead atoms. The smallest absolute Gasteiger partial charge is 0.126 e. The molecule has 1 unspecified atom stereocenters. The molecule has 4 nitrogen and oxygen atoms in total. The van der Waals surface area contributed by atoms with E-state index in [0.29, 0.717) is 0 Å². The zero-order valence-corrected chi connectivity index (χ0v) is 13.0. The maximum atomic E-state index is 5.66. The van der Waals surface area contributed by atoms with Gasteiger partial charge in [0.25, 0.3) is 0 Å². The van der Waals surface area contributed by atoms with Crippen LogP contribution in [0, 0.1) is 5.92 Å². The second-order valence-corrected chi connectivity index (χ2v) is 6.07. The standard InChI is InChI=1S/C17H25N3O/c1-13(18-10-5-11-21-12-14-8-9-14)17-19-15-6-3-4-7-16(15)20(17)2/h3-4,6-7,13-14,18H,5,8-12H2,1-2H3. The maximum absolute atomic E-state index is 5.66. The Labute approximate surface area is 126 Å². The van der Waals surface area contributed by atoms with Gasteiger partial charge in [-0.15, -0.1) is 0 Å². The Morgan fingerprint density at radius 2 is 2.19 bits per heavy atom. The average molecular weight is 287 g/mol. The largest absolute Gasteiger partial charge is 0.381 e. The minimum Gasteiger partial charge on any atom is -0.381 e. The van der Waals surface area contributed by atoms with Gasteiger partial charge in [-0.3, -0.25) is 0 Å². The number of aryl methyl sites for hydroxylation is 1. The highest BCUT2D eigenvalue weighted by atomic mass is 16.5. The van der Waals surface area contributed by atoms with E-state index in [2.05, 4.69) is 42.1 Å². The van der Waals surface area contributed by atoms with Crippen LogP contribution >= 0.6 is 0 Å².